The van der Waals surface area contributed by atoms with Crippen LogP contribution in [0.5, 0.6) is 0 Å². The summed E-state index contributed by atoms with van der Waals surface area (Å²) in [4.78, 5) is 36.5. The summed E-state index contributed by atoms with van der Waals surface area (Å²) < 4.78 is 0. The number of nitrogens with one attached hydrogen (secondary N) is 2. The number of amides is 3. The molecule has 0 bridgehead atoms. The Morgan fingerprint density at radius 1 is 1.17 bits per heavy atom. The number of likely N-dealkylation sites (tertiary alicyclic amines) is 1. The Morgan fingerprint density at radius 2 is 1.83 bits per heavy atom. The minimum absolute atomic E-state index is 0.164. The van der Waals surface area contributed by atoms with E-state index in [9.17, 15) is 24.6 Å². The summed E-state index contributed by atoms with van der Waals surface area (Å²) in [5.74, 6) is -1.48. The van der Waals surface area contributed by atoms with Gasteiger partial charge in [0.2, 0.25) is 17.7 Å². The van der Waals surface area contributed by atoms with E-state index in [1.54, 1.807) is 0 Å². The Bertz CT molecular complexity index is 607. The molecule has 0 saturated carbocycles. The van der Waals surface area contributed by atoms with Gasteiger partial charge in [0, 0.05) is 13.5 Å². The molecule has 1 fully saturated rings. The molecule has 0 spiro atoms. The molecule has 8 heteroatoms. The van der Waals surface area contributed by atoms with Gasteiger partial charge in [0.1, 0.15) is 12.1 Å². The van der Waals surface area contributed by atoms with E-state index in [0.29, 0.717) is 0 Å². The van der Waals surface area contributed by atoms with Crippen molar-refractivity contribution in [1.82, 2.24) is 15.5 Å². The van der Waals surface area contributed by atoms with Gasteiger partial charge in [0.25, 0.3) is 0 Å². The molecular weight excluding hydrogens is 314 g/mol. The summed E-state index contributed by atoms with van der Waals surface area (Å²) in [7, 11) is 0. The Labute approximate surface area is 139 Å². The fourth-order valence-electron chi connectivity index (χ4n) is 2.56. The number of hydrogen-bond donors (Lipinski definition) is 4. The van der Waals surface area contributed by atoms with Crippen molar-refractivity contribution in [2.75, 3.05) is 13.1 Å². The zero-order chi connectivity index (χ0) is 17.7. The Hall–Kier alpha value is -2.45. The lowest BCUT2D eigenvalue weighted by Gasteiger charge is -2.25. The van der Waals surface area contributed by atoms with Gasteiger partial charge in [-0.2, -0.15) is 0 Å². The summed E-state index contributed by atoms with van der Waals surface area (Å²) in [6.07, 6.45) is -2.58. The minimum atomic E-state index is -1.37. The largest absolute Gasteiger partial charge is 0.388 e. The molecule has 1 aliphatic rings. The van der Waals surface area contributed by atoms with Crippen molar-refractivity contribution in [3.63, 3.8) is 0 Å². The SMILES string of the molecule is CC(=O)NCC(=O)N1C[C@H](O)[C@@H](O)[C@@H]1C(=O)NCc1ccccc1. The Kier molecular flexibility index (Phi) is 5.88. The number of aliphatic hydroxyl groups excluding tert-OH is 2. The van der Waals surface area contributed by atoms with Crippen molar-refractivity contribution in [3.05, 3.63) is 35.9 Å². The van der Waals surface area contributed by atoms with Gasteiger partial charge in [-0.15, -0.1) is 0 Å². The van der Waals surface area contributed by atoms with Crippen LogP contribution in [0, 0.1) is 0 Å². The molecule has 0 aromatic heterocycles. The van der Waals surface area contributed by atoms with Crippen molar-refractivity contribution in [1.29, 1.82) is 0 Å². The molecule has 3 atom stereocenters. The highest BCUT2D eigenvalue weighted by Crippen LogP contribution is 2.19. The second kappa shape index (κ2) is 7.89. The van der Waals surface area contributed by atoms with E-state index < -0.39 is 30.1 Å². The van der Waals surface area contributed by atoms with Gasteiger partial charge in [-0.25, -0.2) is 0 Å². The molecule has 1 aliphatic heterocycles. The predicted molar refractivity (Wildman–Crippen MR) is 84.5 cm³/mol. The van der Waals surface area contributed by atoms with Crippen LogP contribution in [0.2, 0.25) is 0 Å². The van der Waals surface area contributed by atoms with Crippen LogP contribution in [0.25, 0.3) is 0 Å². The average Bonchev–Trinajstić information content (AvgIpc) is 2.87. The van der Waals surface area contributed by atoms with E-state index in [4.69, 9.17) is 0 Å². The summed E-state index contributed by atoms with van der Waals surface area (Å²) in [5.41, 5.74) is 0.870. The first-order valence-electron chi connectivity index (χ1n) is 7.62. The monoisotopic (exact) mass is 335 g/mol. The minimum Gasteiger partial charge on any atom is -0.388 e. The van der Waals surface area contributed by atoms with Crippen LogP contribution in [0.3, 0.4) is 0 Å². The van der Waals surface area contributed by atoms with Crippen molar-refractivity contribution in [2.45, 2.75) is 31.7 Å². The number of benzene rings is 1. The predicted octanol–water partition coefficient (Wildman–Crippen LogP) is -1.63. The van der Waals surface area contributed by atoms with E-state index in [1.165, 1.54) is 6.92 Å². The van der Waals surface area contributed by atoms with Gasteiger partial charge in [0.05, 0.1) is 19.2 Å². The second-order valence-electron chi connectivity index (χ2n) is 5.66. The van der Waals surface area contributed by atoms with E-state index in [1.807, 2.05) is 30.3 Å². The van der Waals surface area contributed by atoms with Crippen LogP contribution in [-0.2, 0) is 20.9 Å². The van der Waals surface area contributed by atoms with Crippen molar-refractivity contribution < 1.29 is 24.6 Å². The van der Waals surface area contributed by atoms with Crippen molar-refractivity contribution >= 4 is 17.7 Å². The number of carbonyl (C=O) groups excluding carboxylic acids is 3. The van der Waals surface area contributed by atoms with E-state index >= 15 is 0 Å². The molecule has 1 aromatic carbocycles. The molecule has 0 aliphatic carbocycles. The van der Waals surface area contributed by atoms with E-state index in [0.717, 1.165) is 10.5 Å². The molecule has 0 radical (unpaired) electrons. The Balaban J connectivity index is 2.01. The maximum Gasteiger partial charge on any atom is 0.245 e. The molecule has 1 heterocycles. The first kappa shape index (κ1) is 17.9. The molecule has 4 N–H and O–H groups in total. The lowest BCUT2D eigenvalue weighted by molar-refractivity contribution is -0.140. The van der Waals surface area contributed by atoms with Crippen molar-refractivity contribution in [2.24, 2.45) is 0 Å². The number of aliphatic hydroxyl groups is 2. The van der Waals surface area contributed by atoms with Crippen LogP contribution < -0.4 is 10.6 Å². The fourth-order valence-corrected chi connectivity index (χ4v) is 2.56. The molecule has 0 unspecified atom stereocenters. The highest BCUT2D eigenvalue weighted by molar-refractivity contribution is 5.91. The molecule has 130 valence electrons. The summed E-state index contributed by atoms with van der Waals surface area (Å²) in [6.45, 7) is 1.05. The summed E-state index contributed by atoms with van der Waals surface area (Å²) in [6, 6.07) is 7.99. The number of hydrogen-bond acceptors (Lipinski definition) is 5. The van der Waals surface area contributed by atoms with Gasteiger partial charge in [-0.3, -0.25) is 14.4 Å². The third-order valence-corrected chi connectivity index (χ3v) is 3.82. The van der Waals surface area contributed by atoms with Crippen LogP contribution in [-0.4, -0.2) is 64.2 Å². The van der Waals surface area contributed by atoms with Crippen LogP contribution in [0.1, 0.15) is 12.5 Å². The number of β-amino-alcohol motifs (C(OH)–C–C–N with tert-alkyl or cyclic N) is 1. The van der Waals surface area contributed by atoms with Gasteiger partial charge in [-0.05, 0) is 5.56 Å². The maximum absolute atomic E-state index is 12.4. The van der Waals surface area contributed by atoms with Crippen LogP contribution >= 0.6 is 0 Å². The highest BCUT2D eigenvalue weighted by Gasteiger charge is 2.46. The molecule has 1 saturated heterocycles. The van der Waals surface area contributed by atoms with Crippen LogP contribution in [0.4, 0.5) is 0 Å². The molecule has 1 aromatic rings. The van der Waals surface area contributed by atoms with Gasteiger partial charge in [0.15, 0.2) is 0 Å². The Morgan fingerprint density at radius 3 is 2.46 bits per heavy atom. The van der Waals surface area contributed by atoms with Gasteiger partial charge >= 0.3 is 0 Å². The second-order valence-corrected chi connectivity index (χ2v) is 5.66. The molecular formula is C16H21N3O5. The lowest BCUT2D eigenvalue weighted by Crippen LogP contribution is -2.52. The first-order valence-corrected chi connectivity index (χ1v) is 7.62. The number of carbonyl (C=O) groups is 3. The molecule has 8 nitrogen and oxygen atoms in total. The topological polar surface area (TPSA) is 119 Å². The zero-order valence-corrected chi connectivity index (χ0v) is 13.3. The third-order valence-electron chi connectivity index (χ3n) is 3.82. The number of nitrogens with zero attached hydrogens (tertiary/aromatic N) is 1. The molecule has 2 rings (SSSR count). The van der Waals surface area contributed by atoms with E-state index in [2.05, 4.69) is 10.6 Å². The third kappa shape index (κ3) is 4.30. The quantitative estimate of drug-likeness (QED) is 0.515. The normalized spacial score (nSPS) is 23.0. The van der Waals surface area contributed by atoms with Crippen LogP contribution in [0.15, 0.2) is 30.3 Å². The zero-order valence-electron chi connectivity index (χ0n) is 13.3. The fraction of sp³-hybridized carbons (Fsp3) is 0.438. The maximum atomic E-state index is 12.4. The highest BCUT2D eigenvalue weighted by atomic mass is 16.3. The lowest BCUT2D eigenvalue weighted by atomic mass is 10.1. The smallest absolute Gasteiger partial charge is 0.245 e. The average molecular weight is 335 g/mol. The first-order chi connectivity index (χ1) is 11.4. The summed E-state index contributed by atoms with van der Waals surface area (Å²) in [5, 5.41) is 24.8. The molecule has 3 amide bonds. The van der Waals surface area contributed by atoms with Crippen molar-refractivity contribution in [3.8, 4) is 0 Å². The summed E-state index contributed by atoms with van der Waals surface area (Å²) >= 11 is 0. The standard InChI is InChI=1S/C16H21N3O5/c1-10(20)17-8-13(22)19-9-12(21)15(23)14(19)16(24)18-7-11-5-3-2-4-6-11/h2-6,12,14-15,21,23H,7-9H2,1H3,(H,17,20)(H,18,24)/t12-,14+,15+/m0/s1. The number of rotatable bonds is 5. The van der Waals surface area contributed by atoms with Gasteiger partial charge in [-0.1, -0.05) is 30.3 Å². The van der Waals surface area contributed by atoms with Gasteiger partial charge < -0.3 is 25.7 Å². The molecule has 24 heavy (non-hydrogen) atoms. The van der Waals surface area contributed by atoms with E-state index in [-0.39, 0.29) is 25.5 Å².